The molecule has 1 N–H and O–H groups in total. The summed E-state index contributed by atoms with van der Waals surface area (Å²) in [5.41, 5.74) is 1.14. The Hall–Kier alpha value is -1.94. The summed E-state index contributed by atoms with van der Waals surface area (Å²) in [6, 6.07) is 9.13. The predicted octanol–water partition coefficient (Wildman–Crippen LogP) is 4.74. The second-order valence-electron chi connectivity index (χ2n) is 4.95. The largest absolute Gasteiger partial charge is 0.454 e. The highest BCUT2D eigenvalue weighted by Gasteiger charge is 2.16. The second kappa shape index (κ2) is 6.68. The van der Waals surface area contributed by atoms with Crippen molar-refractivity contribution < 1.29 is 13.5 Å². The Morgan fingerprint density at radius 1 is 1.10 bits per heavy atom. The van der Waals surface area contributed by atoms with Gasteiger partial charge in [-0.05, 0) is 50.2 Å². The molecule has 0 radical (unpaired) electrons. The third kappa shape index (κ3) is 3.58. The van der Waals surface area contributed by atoms with Gasteiger partial charge in [-0.3, -0.25) is 0 Å². The molecule has 0 saturated carbocycles. The van der Waals surface area contributed by atoms with Crippen LogP contribution in [0.15, 0.2) is 36.4 Å². The van der Waals surface area contributed by atoms with Gasteiger partial charge in [-0.1, -0.05) is 19.1 Å². The molecule has 0 fully saturated rings. The van der Waals surface area contributed by atoms with Crippen molar-refractivity contribution in [1.82, 2.24) is 5.32 Å². The van der Waals surface area contributed by atoms with E-state index in [1.165, 1.54) is 12.1 Å². The molecule has 0 spiro atoms. The van der Waals surface area contributed by atoms with Gasteiger partial charge in [0.15, 0.2) is 11.6 Å². The van der Waals surface area contributed by atoms with Gasteiger partial charge in [0.25, 0.3) is 0 Å². The number of halogens is 2. The summed E-state index contributed by atoms with van der Waals surface area (Å²) in [4.78, 5) is 0. The summed E-state index contributed by atoms with van der Waals surface area (Å²) in [6.45, 7) is 6.29. The van der Waals surface area contributed by atoms with Crippen LogP contribution >= 0.6 is 0 Å². The summed E-state index contributed by atoms with van der Waals surface area (Å²) in [5, 5.41) is 3.21. The highest BCUT2D eigenvalue weighted by molar-refractivity contribution is 5.43. The van der Waals surface area contributed by atoms with Crippen LogP contribution in [0.3, 0.4) is 0 Å². The van der Waals surface area contributed by atoms with Crippen LogP contribution in [0.25, 0.3) is 0 Å². The second-order valence-corrected chi connectivity index (χ2v) is 4.95. The Balaban J connectivity index is 2.41. The summed E-state index contributed by atoms with van der Waals surface area (Å²) in [5.74, 6) is -0.141. The van der Waals surface area contributed by atoms with Crippen LogP contribution in [-0.4, -0.2) is 6.54 Å². The van der Waals surface area contributed by atoms with Crippen molar-refractivity contribution in [3.05, 3.63) is 59.2 Å². The number of benzene rings is 2. The zero-order chi connectivity index (χ0) is 15.4. The minimum atomic E-state index is -0.443. The number of aryl methyl sites for hydroxylation is 1. The van der Waals surface area contributed by atoms with Crippen LogP contribution in [0.1, 0.15) is 31.0 Å². The monoisotopic (exact) mass is 291 g/mol. The van der Waals surface area contributed by atoms with E-state index in [1.54, 1.807) is 31.2 Å². The Labute approximate surface area is 123 Å². The molecular weight excluding hydrogens is 272 g/mol. The SMILES string of the molecule is CCNC(C)c1cc(F)c(C)cc1Oc1ccccc1F. The van der Waals surface area contributed by atoms with Crippen LogP contribution in [0.4, 0.5) is 8.78 Å². The maximum atomic E-state index is 13.8. The number of hydrogen-bond donors (Lipinski definition) is 1. The first kappa shape index (κ1) is 15.4. The van der Waals surface area contributed by atoms with Gasteiger partial charge >= 0.3 is 0 Å². The molecule has 2 aromatic carbocycles. The summed E-state index contributed by atoms with van der Waals surface area (Å²) in [6.07, 6.45) is 0. The quantitative estimate of drug-likeness (QED) is 0.859. The lowest BCUT2D eigenvalue weighted by atomic mass is 10.0. The zero-order valence-corrected chi connectivity index (χ0v) is 12.4. The fourth-order valence-electron chi connectivity index (χ4n) is 2.16. The molecule has 4 heteroatoms. The minimum absolute atomic E-state index is 0.0909. The average molecular weight is 291 g/mol. The van der Waals surface area contributed by atoms with E-state index in [9.17, 15) is 8.78 Å². The van der Waals surface area contributed by atoms with E-state index in [1.807, 2.05) is 13.8 Å². The van der Waals surface area contributed by atoms with Crippen molar-refractivity contribution in [3.8, 4) is 11.5 Å². The number of nitrogens with one attached hydrogen (secondary N) is 1. The van der Waals surface area contributed by atoms with Crippen molar-refractivity contribution in [1.29, 1.82) is 0 Å². The van der Waals surface area contributed by atoms with E-state index in [2.05, 4.69) is 5.32 Å². The molecule has 112 valence electrons. The van der Waals surface area contributed by atoms with Crippen molar-refractivity contribution in [2.24, 2.45) is 0 Å². The first-order chi connectivity index (χ1) is 10.0. The molecule has 2 rings (SSSR count). The predicted molar refractivity (Wildman–Crippen MR) is 79.7 cm³/mol. The Bertz CT molecular complexity index is 628. The lowest BCUT2D eigenvalue weighted by Gasteiger charge is -2.19. The number of rotatable bonds is 5. The highest BCUT2D eigenvalue weighted by Crippen LogP contribution is 2.33. The molecule has 0 aliphatic carbocycles. The van der Waals surface area contributed by atoms with Crippen LogP contribution in [0, 0.1) is 18.6 Å². The van der Waals surface area contributed by atoms with E-state index in [-0.39, 0.29) is 17.6 Å². The maximum Gasteiger partial charge on any atom is 0.165 e. The Morgan fingerprint density at radius 2 is 1.81 bits per heavy atom. The van der Waals surface area contributed by atoms with E-state index < -0.39 is 5.82 Å². The Morgan fingerprint density at radius 3 is 2.48 bits per heavy atom. The molecular formula is C17H19F2NO. The molecule has 0 aliphatic rings. The van der Waals surface area contributed by atoms with Crippen LogP contribution in [0.5, 0.6) is 11.5 Å². The van der Waals surface area contributed by atoms with E-state index in [0.29, 0.717) is 16.9 Å². The van der Waals surface area contributed by atoms with Crippen molar-refractivity contribution in [2.75, 3.05) is 6.54 Å². The molecule has 0 amide bonds. The van der Waals surface area contributed by atoms with E-state index in [4.69, 9.17) is 4.74 Å². The molecule has 2 aromatic rings. The van der Waals surface area contributed by atoms with Crippen molar-refractivity contribution in [2.45, 2.75) is 26.8 Å². The first-order valence-electron chi connectivity index (χ1n) is 6.98. The van der Waals surface area contributed by atoms with Gasteiger partial charge in [-0.15, -0.1) is 0 Å². The molecule has 0 aromatic heterocycles. The molecule has 2 nitrogen and oxygen atoms in total. The summed E-state index contributed by atoms with van der Waals surface area (Å²) < 4.78 is 33.2. The fraction of sp³-hybridized carbons (Fsp3) is 0.294. The fourth-order valence-corrected chi connectivity index (χ4v) is 2.16. The molecule has 0 bridgehead atoms. The standard InChI is InChI=1S/C17H19F2NO/c1-4-20-12(3)13-10-15(19)11(2)9-17(13)21-16-8-6-5-7-14(16)18/h5-10,12,20H,4H2,1-3H3. The van der Waals surface area contributed by atoms with Gasteiger partial charge in [0.2, 0.25) is 0 Å². The third-order valence-electron chi connectivity index (χ3n) is 3.32. The molecule has 0 aliphatic heterocycles. The number of ether oxygens (including phenoxy) is 1. The van der Waals surface area contributed by atoms with Gasteiger partial charge in [0, 0.05) is 11.6 Å². The lowest BCUT2D eigenvalue weighted by Crippen LogP contribution is -2.18. The number of hydrogen-bond acceptors (Lipinski definition) is 2. The lowest BCUT2D eigenvalue weighted by molar-refractivity contribution is 0.427. The molecule has 0 heterocycles. The topological polar surface area (TPSA) is 21.3 Å². The molecule has 21 heavy (non-hydrogen) atoms. The van der Waals surface area contributed by atoms with Crippen molar-refractivity contribution in [3.63, 3.8) is 0 Å². The maximum absolute atomic E-state index is 13.8. The first-order valence-corrected chi connectivity index (χ1v) is 6.98. The van der Waals surface area contributed by atoms with Gasteiger partial charge in [0.1, 0.15) is 11.6 Å². The summed E-state index contributed by atoms with van der Waals surface area (Å²) >= 11 is 0. The van der Waals surface area contributed by atoms with Gasteiger partial charge in [-0.2, -0.15) is 0 Å². The summed E-state index contributed by atoms with van der Waals surface area (Å²) in [7, 11) is 0. The average Bonchev–Trinajstić information content (AvgIpc) is 2.45. The van der Waals surface area contributed by atoms with Crippen molar-refractivity contribution >= 4 is 0 Å². The third-order valence-corrected chi connectivity index (χ3v) is 3.32. The molecule has 1 atom stereocenters. The highest BCUT2D eigenvalue weighted by atomic mass is 19.1. The Kier molecular flexibility index (Phi) is 4.91. The van der Waals surface area contributed by atoms with Crippen LogP contribution in [0.2, 0.25) is 0 Å². The number of para-hydroxylation sites is 1. The van der Waals surface area contributed by atoms with Gasteiger partial charge < -0.3 is 10.1 Å². The molecule has 1 unspecified atom stereocenters. The van der Waals surface area contributed by atoms with Gasteiger partial charge in [-0.25, -0.2) is 8.78 Å². The van der Waals surface area contributed by atoms with Crippen LogP contribution < -0.4 is 10.1 Å². The normalized spacial score (nSPS) is 12.2. The minimum Gasteiger partial charge on any atom is -0.454 e. The van der Waals surface area contributed by atoms with Gasteiger partial charge in [0.05, 0.1) is 0 Å². The van der Waals surface area contributed by atoms with E-state index >= 15 is 0 Å². The van der Waals surface area contributed by atoms with Crippen LogP contribution in [-0.2, 0) is 0 Å². The molecule has 0 saturated heterocycles. The smallest absolute Gasteiger partial charge is 0.165 e. The van der Waals surface area contributed by atoms with E-state index in [0.717, 1.165) is 6.54 Å². The zero-order valence-electron chi connectivity index (χ0n) is 12.4.